The van der Waals surface area contributed by atoms with Crippen LogP contribution < -0.4 is 5.32 Å². The molecule has 0 aliphatic rings. The number of pyridine rings is 1. The number of carbonyl (C=O) groups is 1. The Morgan fingerprint density at radius 1 is 1.00 bits per heavy atom. The molecule has 0 radical (unpaired) electrons. The number of benzene rings is 2. The Balaban J connectivity index is 1.53. The second kappa shape index (κ2) is 9.96. The highest BCUT2D eigenvalue weighted by atomic mass is 35.5. The molecular formula is C22H17Cl2N5OS. The number of amides is 1. The van der Waals surface area contributed by atoms with Gasteiger partial charge in [-0.25, -0.2) is 0 Å². The average molecular weight is 470 g/mol. The third-order valence-electron chi connectivity index (χ3n) is 4.38. The molecule has 6 nitrogen and oxygen atoms in total. The van der Waals surface area contributed by atoms with E-state index in [2.05, 4.69) is 20.5 Å². The minimum absolute atomic E-state index is 0.155. The maximum Gasteiger partial charge on any atom is 0.234 e. The molecule has 31 heavy (non-hydrogen) atoms. The van der Waals surface area contributed by atoms with Crippen molar-refractivity contribution >= 4 is 46.6 Å². The molecule has 1 amide bonds. The lowest BCUT2D eigenvalue weighted by Crippen LogP contribution is -2.15. The van der Waals surface area contributed by atoms with Crippen molar-refractivity contribution in [2.75, 3.05) is 11.1 Å². The van der Waals surface area contributed by atoms with E-state index in [0.29, 0.717) is 27.4 Å². The van der Waals surface area contributed by atoms with Gasteiger partial charge in [0, 0.05) is 23.0 Å². The molecule has 0 bridgehead atoms. The third kappa shape index (κ3) is 5.44. The number of halogens is 2. The van der Waals surface area contributed by atoms with Crippen molar-refractivity contribution in [3.63, 3.8) is 0 Å². The molecule has 1 N–H and O–H groups in total. The van der Waals surface area contributed by atoms with Crippen LogP contribution in [0.15, 0.2) is 78.2 Å². The van der Waals surface area contributed by atoms with Crippen LogP contribution in [0, 0.1) is 0 Å². The number of anilines is 1. The van der Waals surface area contributed by atoms with Gasteiger partial charge < -0.3 is 5.32 Å². The summed E-state index contributed by atoms with van der Waals surface area (Å²) in [7, 11) is 0. The van der Waals surface area contributed by atoms with Crippen molar-refractivity contribution in [3.05, 3.63) is 88.7 Å². The van der Waals surface area contributed by atoms with E-state index in [4.69, 9.17) is 23.2 Å². The lowest BCUT2D eigenvalue weighted by Gasteiger charge is -2.11. The summed E-state index contributed by atoms with van der Waals surface area (Å²) in [5.41, 5.74) is 2.53. The maximum atomic E-state index is 12.5. The highest BCUT2D eigenvalue weighted by Crippen LogP contribution is 2.27. The number of carbonyl (C=O) groups excluding carboxylic acids is 1. The molecule has 4 aromatic rings. The molecule has 0 aliphatic carbocycles. The number of hydrogen-bond donors (Lipinski definition) is 1. The van der Waals surface area contributed by atoms with Crippen LogP contribution in [0.3, 0.4) is 0 Å². The molecule has 0 fully saturated rings. The van der Waals surface area contributed by atoms with Crippen molar-refractivity contribution in [2.45, 2.75) is 11.7 Å². The molecule has 0 aliphatic heterocycles. The Bertz CT molecular complexity index is 1190. The second-order valence-electron chi connectivity index (χ2n) is 6.57. The van der Waals surface area contributed by atoms with E-state index in [0.717, 1.165) is 17.0 Å². The van der Waals surface area contributed by atoms with Gasteiger partial charge in [-0.15, -0.1) is 10.2 Å². The van der Waals surface area contributed by atoms with E-state index in [9.17, 15) is 4.79 Å². The summed E-state index contributed by atoms with van der Waals surface area (Å²) in [5, 5.41) is 13.0. The van der Waals surface area contributed by atoms with Gasteiger partial charge in [-0.2, -0.15) is 0 Å². The van der Waals surface area contributed by atoms with Crippen molar-refractivity contribution in [1.82, 2.24) is 19.7 Å². The first-order chi connectivity index (χ1) is 15.1. The first-order valence-electron chi connectivity index (χ1n) is 9.35. The van der Waals surface area contributed by atoms with E-state index in [1.54, 1.807) is 30.6 Å². The first-order valence-corrected chi connectivity index (χ1v) is 11.1. The minimum Gasteiger partial charge on any atom is -0.324 e. The summed E-state index contributed by atoms with van der Waals surface area (Å²) in [6, 6.07) is 18.7. The summed E-state index contributed by atoms with van der Waals surface area (Å²) < 4.78 is 2.00. The Hall–Kier alpha value is -2.87. The summed E-state index contributed by atoms with van der Waals surface area (Å²) in [6.07, 6.45) is 3.43. The Kier molecular flexibility index (Phi) is 6.86. The fourth-order valence-electron chi connectivity index (χ4n) is 2.93. The van der Waals surface area contributed by atoms with Gasteiger partial charge in [-0.3, -0.25) is 14.3 Å². The zero-order valence-corrected chi connectivity index (χ0v) is 18.5. The van der Waals surface area contributed by atoms with E-state index < -0.39 is 0 Å². The monoisotopic (exact) mass is 469 g/mol. The molecule has 2 aromatic heterocycles. The molecule has 0 atom stereocenters. The highest BCUT2D eigenvalue weighted by Gasteiger charge is 2.16. The zero-order chi connectivity index (χ0) is 21.6. The highest BCUT2D eigenvalue weighted by molar-refractivity contribution is 7.99. The fourth-order valence-corrected chi connectivity index (χ4v) is 4.12. The summed E-state index contributed by atoms with van der Waals surface area (Å²) in [6.45, 7) is 0.582. The normalized spacial score (nSPS) is 10.8. The number of aromatic nitrogens is 4. The summed E-state index contributed by atoms with van der Waals surface area (Å²) in [4.78, 5) is 16.5. The van der Waals surface area contributed by atoms with Crippen LogP contribution in [0.4, 0.5) is 5.69 Å². The smallest absolute Gasteiger partial charge is 0.234 e. The quantitative estimate of drug-likeness (QED) is 0.365. The number of rotatable bonds is 7. The standard InChI is InChI=1S/C22H17Cl2N5OS/c23-17-6-7-19(18(24)12-17)26-20(30)14-31-22-28-27-21(16-8-10-25-11-9-16)29(22)13-15-4-2-1-3-5-15/h1-12H,13-14H2,(H,26,30). The number of nitrogens with one attached hydrogen (secondary N) is 1. The van der Waals surface area contributed by atoms with E-state index in [-0.39, 0.29) is 11.7 Å². The van der Waals surface area contributed by atoms with Crippen LogP contribution in [0.25, 0.3) is 11.4 Å². The topological polar surface area (TPSA) is 72.7 Å². The van der Waals surface area contributed by atoms with Crippen molar-refractivity contribution < 1.29 is 4.79 Å². The molecule has 2 heterocycles. The summed E-state index contributed by atoms with van der Waals surface area (Å²) >= 11 is 13.4. The van der Waals surface area contributed by atoms with Crippen LogP contribution in [-0.2, 0) is 11.3 Å². The predicted octanol–water partition coefficient (Wildman–Crippen LogP) is 5.43. The van der Waals surface area contributed by atoms with Crippen LogP contribution >= 0.6 is 35.0 Å². The van der Waals surface area contributed by atoms with Crippen LogP contribution in [0.1, 0.15) is 5.56 Å². The molecular weight excluding hydrogens is 453 g/mol. The van der Waals surface area contributed by atoms with Gasteiger partial charge in [-0.1, -0.05) is 65.3 Å². The molecule has 0 saturated heterocycles. The fraction of sp³-hybridized carbons (Fsp3) is 0.0909. The van der Waals surface area contributed by atoms with Gasteiger partial charge in [0.1, 0.15) is 0 Å². The maximum absolute atomic E-state index is 12.5. The lowest BCUT2D eigenvalue weighted by molar-refractivity contribution is -0.113. The van der Waals surface area contributed by atoms with E-state index in [1.165, 1.54) is 11.8 Å². The minimum atomic E-state index is -0.200. The predicted molar refractivity (Wildman–Crippen MR) is 125 cm³/mol. The Morgan fingerprint density at radius 3 is 2.52 bits per heavy atom. The molecule has 2 aromatic carbocycles. The molecule has 0 saturated carbocycles. The number of hydrogen-bond acceptors (Lipinski definition) is 5. The van der Waals surface area contributed by atoms with Crippen molar-refractivity contribution in [1.29, 1.82) is 0 Å². The van der Waals surface area contributed by atoms with Gasteiger partial charge in [-0.05, 0) is 35.9 Å². The molecule has 9 heteroatoms. The molecule has 0 unspecified atom stereocenters. The van der Waals surface area contributed by atoms with Crippen LogP contribution in [0.2, 0.25) is 10.0 Å². The van der Waals surface area contributed by atoms with Gasteiger partial charge in [0.15, 0.2) is 11.0 Å². The largest absolute Gasteiger partial charge is 0.324 e. The molecule has 4 rings (SSSR count). The summed E-state index contributed by atoms with van der Waals surface area (Å²) in [5.74, 6) is 0.672. The lowest BCUT2D eigenvalue weighted by atomic mass is 10.2. The average Bonchev–Trinajstić information content (AvgIpc) is 3.18. The third-order valence-corrected chi connectivity index (χ3v) is 5.89. The number of thioether (sulfide) groups is 1. The second-order valence-corrected chi connectivity index (χ2v) is 8.36. The van der Waals surface area contributed by atoms with Crippen molar-refractivity contribution in [3.8, 4) is 11.4 Å². The Morgan fingerprint density at radius 2 is 1.77 bits per heavy atom. The van der Waals surface area contributed by atoms with Crippen molar-refractivity contribution in [2.24, 2.45) is 0 Å². The molecule has 0 spiro atoms. The SMILES string of the molecule is O=C(CSc1nnc(-c2ccncc2)n1Cc1ccccc1)Nc1ccc(Cl)cc1Cl. The molecule has 156 valence electrons. The van der Waals surface area contributed by atoms with Crippen LogP contribution in [-0.4, -0.2) is 31.4 Å². The zero-order valence-electron chi connectivity index (χ0n) is 16.2. The Labute approximate surface area is 193 Å². The van der Waals surface area contributed by atoms with Gasteiger partial charge in [0.05, 0.1) is 23.0 Å². The van der Waals surface area contributed by atoms with Gasteiger partial charge in [0.2, 0.25) is 5.91 Å². The van der Waals surface area contributed by atoms with Gasteiger partial charge >= 0.3 is 0 Å². The van der Waals surface area contributed by atoms with Crippen LogP contribution in [0.5, 0.6) is 0 Å². The van der Waals surface area contributed by atoms with E-state index >= 15 is 0 Å². The number of nitrogens with zero attached hydrogens (tertiary/aromatic N) is 4. The first kappa shape index (κ1) is 21.4. The van der Waals surface area contributed by atoms with E-state index in [1.807, 2.05) is 47.0 Å². The van der Waals surface area contributed by atoms with Gasteiger partial charge in [0.25, 0.3) is 0 Å².